The molecule has 122 valence electrons. The Morgan fingerprint density at radius 1 is 1.55 bits per heavy atom. The summed E-state index contributed by atoms with van der Waals surface area (Å²) >= 11 is 0. The van der Waals surface area contributed by atoms with E-state index in [1.165, 1.54) is 25.3 Å². The molecule has 22 heavy (non-hydrogen) atoms. The average Bonchev–Trinajstić information content (AvgIpc) is 2.94. The van der Waals surface area contributed by atoms with Crippen LogP contribution in [0.4, 0.5) is 5.69 Å². The fraction of sp³-hybridized carbons (Fsp3) is 0.500. The van der Waals surface area contributed by atoms with Crippen molar-refractivity contribution in [3.8, 4) is 5.75 Å². The molecular formula is C14H20ClN3O4. The van der Waals surface area contributed by atoms with E-state index in [0.717, 1.165) is 19.4 Å². The summed E-state index contributed by atoms with van der Waals surface area (Å²) < 4.78 is 5.01. The summed E-state index contributed by atoms with van der Waals surface area (Å²) in [6, 6.07) is 4.41. The van der Waals surface area contributed by atoms with Gasteiger partial charge in [0.05, 0.1) is 12.0 Å². The SMILES string of the molecule is CNCC1CCCN1C(=O)c1ccc([N+](=O)[O-])c(OC)c1.Cl. The zero-order valence-electron chi connectivity index (χ0n) is 12.6. The Morgan fingerprint density at radius 2 is 2.27 bits per heavy atom. The lowest BCUT2D eigenvalue weighted by Crippen LogP contribution is -2.40. The topological polar surface area (TPSA) is 84.7 Å². The number of likely N-dealkylation sites (N-methyl/N-ethyl adjacent to an activating group) is 1. The maximum Gasteiger partial charge on any atom is 0.310 e. The van der Waals surface area contributed by atoms with Gasteiger partial charge in [0.15, 0.2) is 5.75 Å². The molecule has 1 fully saturated rings. The zero-order valence-corrected chi connectivity index (χ0v) is 13.4. The number of methoxy groups -OCH3 is 1. The highest BCUT2D eigenvalue weighted by atomic mass is 35.5. The summed E-state index contributed by atoms with van der Waals surface area (Å²) in [5, 5.41) is 14.0. The number of benzene rings is 1. The number of halogens is 1. The van der Waals surface area contributed by atoms with Crippen LogP contribution in [0.2, 0.25) is 0 Å². The van der Waals surface area contributed by atoms with E-state index in [9.17, 15) is 14.9 Å². The molecule has 1 aliphatic rings. The van der Waals surface area contributed by atoms with Crippen molar-refractivity contribution in [1.29, 1.82) is 0 Å². The molecule has 8 heteroatoms. The van der Waals surface area contributed by atoms with Gasteiger partial charge in [-0.1, -0.05) is 0 Å². The van der Waals surface area contributed by atoms with Gasteiger partial charge in [-0.15, -0.1) is 12.4 Å². The largest absolute Gasteiger partial charge is 0.490 e. The lowest BCUT2D eigenvalue weighted by atomic mass is 10.1. The monoisotopic (exact) mass is 329 g/mol. The number of nitro groups is 1. The zero-order chi connectivity index (χ0) is 15.4. The summed E-state index contributed by atoms with van der Waals surface area (Å²) in [7, 11) is 3.21. The number of hydrogen-bond donors (Lipinski definition) is 1. The second kappa shape index (κ2) is 7.95. The normalized spacial score (nSPS) is 17.0. The minimum absolute atomic E-state index is 0. The summed E-state index contributed by atoms with van der Waals surface area (Å²) in [5.74, 6) is -0.00355. The van der Waals surface area contributed by atoms with E-state index in [-0.39, 0.29) is 35.8 Å². The highest BCUT2D eigenvalue weighted by Gasteiger charge is 2.29. The van der Waals surface area contributed by atoms with Crippen LogP contribution in [0.15, 0.2) is 18.2 Å². The summed E-state index contributed by atoms with van der Waals surface area (Å²) in [6.45, 7) is 1.46. The number of likely N-dealkylation sites (tertiary alicyclic amines) is 1. The third-order valence-electron chi connectivity index (χ3n) is 3.70. The van der Waals surface area contributed by atoms with Gasteiger partial charge in [0, 0.05) is 36.8 Å². The molecule has 2 rings (SSSR count). The molecule has 1 amide bonds. The maximum absolute atomic E-state index is 12.6. The van der Waals surface area contributed by atoms with Gasteiger partial charge in [-0.3, -0.25) is 14.9 Å². The van der Waals surface area contributed by atoms with Gasteiger partial charge in [-0.2, -0.15) is 0 Å². The molecule has 1 N–H and O–H groups in total. The number of carbonyl (C=O) groups is 1. The Balaban J connectivity index is 0.00000242. The molecule has 7 nitrogen and oxygen atoms in total. The molecule has 0 radical (unpaired) electrons. The van der Waals surface area contributed by atoms with Gasteiger partial charge in [0.25, 0.3) is 5.91 Å². The fourth-order valence-corrected chi connectivity index (χ4v) is 2.68. The minimum atomic E-state index is -0.521. The van der Waals surface area contributed by atoms with Crippen LogP contribution in [-0.4, -0.2) is 49.0 Å². The van der Waals surface area contributed by atoms with Crippen molar-refractivity contribution in [2.45, 2.75) is 18.9 Å². The van der Waals surface area contributed by atoms with Crippen LogP contribution < -0.4 is 10.1 Å². The predicted octanol–water partition coefficient (Wildman–Crippen LogP) is 1.85. The Morgan fingerprint density at radius 3 is 2.86 bits per heavy atom. The Bertz CT molecular complexity index is 553. The molecule has 0 spiro atoms. The van der Waals surface area contributed by atoms with Crippen molar-refractivity contribution in [3.05, 3.63) is 33.9 Å². The molecule has 0 bridgehead atoms. The Kier molecular flexibility index (Phi) is 6.58. The van der Waals surface area contributed by atoms with E-state index in [2.05, 4.69) is 5.32 Å². The van der Waals surface area contributed by atoms with Gasteiger partial charge >= 0.3 is 5.69 Å². The minimum Gasteiger partial charge on any atom is -0.490 e. The molecule has 0 saturated carbocycles. The standard InChI is InChI=1S/C14H19N3O4.ClH/c1-15-9-11-4-3-7-16(11)14(18)10-5-6-12(17(19)20)13(8-10)21-2;/h5-6,8,11,15H,3-4,7,9H2,1-2H3;1H. The number of nitro benzene ring substituents is 1. The van der Waals surface area contributed by atoms with Crippen LogP contribution in [0.5, 0.6) is 5.75 Å². The van der Waals surface area contributed by atoms with Gasteiger partial charge in [-0.25, -0.2) is 0 Å². The highest BCUT2D eigenvalue weighted by molar-refractivity contribution is 5.95. The molecular weight excluding hydrogens is 310 g/mol. The second-order valence-electron chi connectivity index (χ2n) is 5.00. The molecule has 1 aliphatic heterocycles. The highest BCUT2D eigenvalue weighted by Crippen LogP contribution is 2.29. The molecule has 1 atom stereocenters. The summed E-state index contributed by atoms with van der Waals surface area (Å²) in [4.78, 5) is 24.7. The van der Waals surface area contributed by atoms with Crippen molar-refractivity contribution in [2.24, 2.45) is 0 Å². The summed E-state index contributed by atoms with van der Waals surface area (Å²) in [5.41, 5.74) is 0.280. The van der Waals surface area contributed by atoms with Gasteiger partial charge < -0.3 is 15.0 Å². The van der Waals surface area contributed by atoms with Crippen molar-refractivity contribution >= 4 is 24.0 Å². The number of nitrogens with zero attached hydrogens (tertiary/aromatic N) is 2. The molecule has 1 aromatic carbocycles. The van der Waals surface area contributed by atoms with Crippen LogP contribution in [0.25, 0.3) is 0 Å². The lowest BCUT2D eigenvalue weighted by molar-refractivity contribution is -0.385. The first kappa shape index (κ1) is 18.2. The van der Waals surface area contributed by atoms with Crippen molar-refractivity contribution in [1.82, 2.24) is 10.2 Å². The van der Waals surface area contributed by atoms with E-state index >= 15 is 0 Å². The van der Waals surface area contributed by atoms with E-state index in [4.69, 9.17) is 4.74 Å². The first-order valence-corrected chi connectivity index (χ1v) is 6.86. The Labute approximate surface area is 135 Å². The van der Waals surface area contributed by atoms with E-state index in [0.29, 0.717) is 12.1 Å². The van der Waals surface area contributed by atoms with Crippen LogP contribution in [0.3, 0.4) is 0 Å². The van der Waals surface area contributed by atoms with Crippen molar-refractivity contribution in [2.75, 3.05) is 27.2 Å². The smallest absolute Gasteiger partial charge is 0.310 e. The van der Waals surface area contributed by atoms with Crippen LogP contribution in [0, 0.1) is 10.1 Å². The fourth-order valence-electron chi connectivity index (χ4n) is 2.68. The second-order valence-corrected chi connectivity index (χ2v) is 5.00. The quantitative estimate of drug-likeness (QED) is 0.658. The molecule has 1 unspecified atom stereocenters. The van der Waals surface area contributed by atoms with Gasteiger partial charge in [-0.05, 0) is 26.0 Å². The molecule has 0 aromatic heterocycles. The molecule has 0 aliphatic carbocycles. The molecule has 1 aromatic rings. The number of ether oxygens (including phenoxy) is 1. The lowest BCUT2D eigenvalue weighted by Gasteiger charge is -2.24. The van der Waals surface area contributed by atoms with Gasteiger partial charge in [0.2, 0.25) is 0 Å². The van der Waals surface area contributed by atoms with E-state index in [1.807, 2.05) is 11.9 Å². The first-order valence-electron chi connectivity index (χ1n) is 6.86. The third kappa shape index (κ3) is 3.66. The van der Waals surface area contributed by atoms with Crippen LogP contribution >= 0.6 is 12.4 Å². The number of nitrogens with one attached hydrogen (secondary N) is 1. The molecule has 1 heterocycles. The van der Waals surface area contributed by atoms with E-state index < -0.39 is 4.92 Å². The first-order chi connectivity index (χ1) is 10.1. The van der Waals surface area contributed by atoms with Crippen LogP contribution in [-0.2, 0) is 0 Å². The predicted molar refractivity (Wildman–Crippen MR) is 84.9 cm³/mol. The Hall–Kier alpha value is -1.86. The summed E-state index contributed by atoms with van der Waals surface area (Å²) in [6.07, 6.45) is 1.94. The van der Waals surface area contributed by atoms with E-state index in [1.54, 1.807) is 0 Å². The van der Waals surface area contributed by atoms with Crippen molar-refractivity contribution in [3.63, 3.8) is 0 Å². The number of carbonyl (C=O) groups excluding carboxylic acids is 1. The number of hydrogen-bond acceptors (Lipinski definition) is 5. The van der Waals surface area contributed by atoms with Crippen LogP contribution in [0.1, 0.15) is 23.2 Å². The number of rotatable bonds is 5. The third-order valence-corrected chi connectivity index (χ3v) is 3.70. The molecule has 1 saturated heterocycles. The number of amides is 1. The maximum atomic E-state index is 12.6. The van der Waals surface area contributed by atoms with Gasteiger partial charge in [0.1, 0.15) is 0 Å². The average molecular weight is 330 g/mol. The van der Waals surface area contributed by atoms with Crippen molar-refractivity contribution < 1.29 is 14.5 Å².